The standard InChI is InChI=1S/C16H14N2O3S/c1-20-13-6-4-11(5-7-13)17-16(19)10-12-9-14(21-18-12)15-3-2-8-22-15/h2-9H,10H2,1H3,(H,17,19). The predicted molar refractivity (Wildman–Crippen MR) is 85.1 cm³/mol. The average molecular weight is 314 g/mol. The zero-order valence-corrected chi connectivity index (χ0v) is 12.7. The molecule has 22 heavy (non-hydrogen) atoms. The minimum atomic E-state index is -0.142. The van der Waals surface area contributed by atoms with E-state index in [0.717, 1.165) is 10.6 Å². The number of thiophene rings is 1. The van der Waals surface area contributed by atoms with Crippen LogP contribution in [0.5, 0.6) is 5.75 Å². The number of hydrogen-bond donors (Lipinski definition) is 1. The predicted octanol–water partition coefficient (Wildman–Crippen LogP) is 3.59. The van der Waals surface area contributed by atoms with E-state index in [1.165, 1.54) is 0 Å². The lowest BCUT2D eigenvalue weighted by molar-refractivity contribution is -0.115. The number of ether oxygens (including phenoxy) is 1. The van der Waals surface area contributed by atoms with E-state index < -0.39 is 0 Å². The van der Waals surface area contributed by atoms with Crippen molar-refractivity contribution in [3.8, 4) is 16.4 Å². The lowest BCUT2D eigenvalue weighted by atomic mass is 10.2. The highest BCUT2D eigenvalue weighted by Crippen LogP contribution is 2.25. The van der Waals surface area contributed by atoms with Gasteiger partial charge >= 0.3 is 0 Å². The van der Waals surface area contributed by atoms with Crippen LogP contribution in [0.1, 0.15) is 5.69 Å². The molecule has 0 bridgehead atoms. The van der Waals surface area contributed by atoms with Crippen molar-refractivity contribution in [1.82, 2.24) is 5.16 Å². The summed E-state index contributed by atoms with van der Waals surface area (Å²) in [6.07, 6.45) is 0.168. The van der Waals surface area contributed by atoms with Gasteiger partial charge in [-0.1, -0.05) is 11.2 Å². The number of benzene rings is 1. The number of hydrogen-bond acceptors (Lipinski definition) is 5. The van der Waals surface area contributed by atoms with Crippen molar-refractivity contribution >= 4 is 22.9 Å². The molecule has 0 aliphatic heterocycles. The van der Waals surface area contributed by atoms with Crippen LogP contribution in [0, 0.1) is 0 Å². The van der Waals surface area contributed by atoms with Gasteiger partial charge in [0, 0.05) is 11.8 Å². The topological polar surface area (TPSA) is 64.4 Å². The third-order valence-corrected chi connectivity index (χ3v) is 3.92. The SMILES string of the molecule is COc1ccc(NC(=O)Cc2cc(-c3cccs3)on2)cc1. The normalized spacial score (nSPS) is 10.4. The molecule has 6 heteroatoms. The summed E-state index contributed by atoms with van der Waals surface area (Å²) in [5.41, 5.74) is 1.32. The summed E-state index contributed by atoms with van der Waals surface area (Å²) in [5.74, 6) is 1.29. The molecule has 1 aromatic carbocycles. The number of rotatable bonds is 5. The molecule has 5 nitrogen and oxygen atoms in total. The maximum atomic E-state index is 12.0. The Morgan fingerprint density at radius 3 is 2.82 bits per heavy atom. The van der Waals surface area contributed by atoms with E-state index >= 15 is 0 Å². The Morgan fingerprint density at radius 1 is 1.32 bits per heavy atom. The fraction of sp³-hybridized carbons (Fsp3) is 0.125. The van der Waals surface area contributed by atoms with Crippen molar-refractivity contribution in [3.63, 3.8) is 0 Å². The molecule has 0 saturated carbocycles. The number of methoxy groups -OCH3 is 1. The van der Waals surface area contributed by atoms with E-state index in [2.05, 4.69) is 10.5 Å². The van der Waals surface area contributed by atoms with Gasteiger partial charge in [-0.25, -0.2) is 0 Å². The van der Waals surface area contributed by atoms with Gasteiger partial charge in [-0.3, -0.25) is 4.79 Å². The lowest BCUT2D eigenvalue weighted by Gasteiger charge is -2.04. The van der Waals surface area contributed by atoms with Crippen LogP contribution < -0.4 is 10.1 Å². The van der Waals surface area contributed by atoms with Crippen molar-refractivity contribution < 1.29 is 14.1 Å². The Morgan fingerprint density at radius 2 is 2.14 bits per heavy atom. The van der Waals surface area contributed by atoms with Crippen LogP contribution in [0.25, 0.3) is 10.6 Å². The monoisotopic (exact) mass is 314 g/mol. The number of anilines is 1. The van der Waals surface area contributed by atoms with Crippen LogP contribution in [0.2, 0.25) is 0 Å². The van der Waals surface area contributed by atoms with Gasteiger partial charge in [0.25, 0.3) is 0 Å². The van der Waals surface area contributed by atoms with Crippen LogP contribution in [0.3, 0.4) is 0 Å². The fourth-order valence-corrected chi connectivity index (χ4v) is 2.65. The van der Waals surface area contributed by atoms with Gasteiger partial charge in [0.15, 0.2) is 5.76 Å². The van der Waals surface area contributed by atoms with Gasteiger partial charge in [0.2, 0.25) is 5.91 Å². The molecule has 1 amide bonds. The smallest absolute Gasteiger partial charge is 0.230 e. The molecular formula is C16H14N2O3S. The van der Waals surface area contributed by atoms with Crippen LogP contribution >= 0.6 is 11.3 Å². The molecule has 112 valence electrons. The second-order valence-corrected chi connectivity index (χ2v) is 5.56. The van der Waals surface area contributed by atoms with Gasteiger partial charge in [-0.2, -0.15) is 0 Å². The van der Waals surface area contributed by atoms with E-state index in [4.69, 9.17) is 9.26 Å². The Balaban J connectivity index is 1.61. The third kappa shape index (κ3) is 3.35. The summed E-state index contributed by atoms with van der Waals surface area (Å²) in [6.45, 7) is 0. The Hall–Kier alpha value is -2.60. The number of aromatic nitrogens is 1. The Labute approximate surface area is 131 Å². The first-order chi connectivity index (χ1) is 10.7. The third-order valence-electron chi connectivity index (χ3n) is 3.04. The van der Waals surface area contributed by atoms with Gasteiger partial charge in [-0.15, -0.1) is 11.3 Å². The average Bonchev–Trinajstić information content (AvgIpc) is 3.19. The van der Waals surface area contributed by atoms with E-state index in [1.54, 1.807) is 48.8 Å². The molecule has 2 heterocycles. The zero-order valence-electron chi connectivity index (χ0n) is 11.9. The van der Waals surface area contributed by atoms with Crippen molar-refractivity contribution in [2.24, 2.45) is 0 Å². The first-order valence-electron chi connectivity index (χ1n) is 6.68. The molecule has 0 aliphatic carbocycles. The van der Waals surface area contributed by atoms with Crippen LogP contribution in [0.4, 0.5) is 5.69 Å². The maximum Gasteiger partial charge on any atom is 0.230 e. The molecule has 3 rings (SSSR count). The Bertz CT molecular complexity index is 748. The number of amides is 1. The Kier molecular flexibility index (Phi) is 4.20. The van der Waals surface area contributed by atoms with Crippen molar-refractivity contribution in [2.45, 2.75) is 6.42 Å². The number of nitrogens with zero attached hydrogens (tertiary/aromatic N) is 1. The van der Waals surface area contributed by atoms with E-state index in [1.807, 2.05) is 17.5 Å². The highest BCUT2D eigenvalue weighted by molar-refractivity contribution is 7.13. The number of carbonyl (C=O) groups is 1. The second kappa shape index (κ2) is 6.44. The van der Waals surface area contributed by atoms with Crippen molar-refractivity contribution in [2.75, 3.05) is 12.4 Å². The number of nitrogens with one attached hydrogen (secondary N) is 1. The van der Waals surface area contributed by atoms with Gasteiger partial charge in [0.05, 0.1) is 24.1 Å². The molecule has 1 N–H and O–H groups in total. The molecule has 0 atom stereocenters. The van der Waals surface area contributed by atoms with Crippen molar-refractivity contribution in [3.05, 3.63) is 53.5 Å². The van der Waals surface area contributed by atoms with Crippen LogP contribution in [-0.2, 0) is 11.2 Å². The molecule has 0 saturated heterocycles. The summed E-state index contributed by atoms with van der Waals surface area (Å²) in [7, 11) is 1.60. The summed E-state index contributed by atoms with van der Waals surface area (Å²) < 4.78 is 10.3. The second-order valence-electron chi connectivity index (χ2n) is 4.61. The van der Waals surface area contributed by atoms with Gasteiger partial charge < -0.3 is 14.6 Å². The quantitative estimate of drug-likeness (QED) is 0.781. The van der Waals surface area contributed by atoms with Crippen LogP contribution in [0.15, 0.2) is 52.4 Å². The minimum absolute atomic E-state index is 0.142. The molecule has 0 unspecified atom stereocenters. The van der Waals surface area contributed by atoms with Crippen molar-refractivity contribution in [1.29, 1.82) is 0 Å². The number of carbonyl (C=O) groups excluding carboxylic acids is 1. The van der Waals surface area contributed by atoms with E-state index in [0.29, 0.717) is 17.1 Å². The molecule has 2 aromatic heterocycles. The van der Waals surface area contributed by atoms with Gasteiger partial charge in [0.1, 0.15) is 5.75 Å². The largest absolute Gasteiger partial charge is 0.497 e. The summed E-state index contributed by atoms with van der Waals surface area (Å²) in [5, 5.41) is 8.71. The summed E-state index contributed by atoms with van der Waals surface area (Å²) in [4.78, 5) is 13.0. The lowest BCUT2D eigenvalue weighted by Crippen LogP contribution is -2.14. The first kappa shape index (κ1) is 14.3. The maximum absolute atomic E-state index is 12.0. The van der Waals surface area contributed by atoms with E-state index in [9.17, 15) is 4.79 Å². The zero-order chi connectivity index (χ0) is 15.4. The molecule has 0 radical (unpaired) electrons. The van der Waals surface area contributed by atoms with E-state index in [-0.39, 0.29) is 12.3 Å². The molecular weight excluding hydrogens is 300 g/mol. The highest BCUT2D eigenvalue weighted by Gasteiger charge is 2.11. The molecule has 0 aliphatic rings. The fourth-order valence-electron chi connectivity index (χ4n) is 1.97. The minimum Gasteiger partial charge on any atom is -0.497 e. The van der Waals surface area contributed by atoms with Gasteiger partial charge in [-0.05, 0) is 35.7 Å². The summed E-state index contributed by atoms with van der Waals surface area (Å²) >= 11 is 1.57. The van der Waals surface area contributed by atoms with Crippen LogP contribution in [-0.4, -0.2) is 18.2 Å². The molecule has 0 fully saturated rings. The first-order valence-corrected chi connectivity index (χ1v) is 7.56. The highest BCUT2D eigenvalue weighted by atomic mass is 32.1. The molecule has 0 spiro atoms. The molecule has 3 aromatic rings. The summed E-state index contributed by atoms with van der Waals surface area (Å²) in [6, 6.07) is 12.8.